The summed E-state index contributed by atoms with van der Waals surface area (Å²) >= 11 is 0. The van der Waals surface area contributed by atoms with E-state index in [1.54, 1.807) is 0 Å². The van der Waals surface area contributed by atoms with E-state index < -0.39 is 0 Å². The molecule has 0 bridgehead atoms. The minimum Gasteiger partial charge on any atom is -0.307 e. The molecule has 0 aliphatic carbocycles. The summed E-state index contributed by atoms with van der Waals surface area (Å²) in [5, 5.41) is 4.65. The Labute approximate surface area is 359 Å². The van der Waals surface area contributed by atoms with Crippen molar-refractivity contribution >= 4 is 43.6 Å². The summed E-state index contributed by atoms with van der Waals surface area (Å²) in [6.45, 7) is 0. The van der Waals surface area contributed by atoms with Crippen LogP contribution in [0.15, 0.2) is 231 Å². The number of rotatable bonds is 7. The molecule has 12 aromatic rings. The van der Waals surface area contributed by atoms with E-state index >= 15 is 0 Å². The molecule has 4 heteroatoms. The lowest BCUT2D eigenvalue weighted by Gasteiger charge is -2.15. The third-order valence-electron chi connectivity index (χ3n) is 12.1. The van der Waals surface area contributed by atoms with Crippen molar-refractivity contribution in [3.63, 3.8) is 0 Å². The first kappa shape index (κ1) is 35.6. The summed E-state index contributed by atoms with van der Waals surface area (Å²) in [7, 11) is 0. The maximum atomic E-state index is 5.56. The molecule has 0 spiro atoms. The van der Waals surface area contributed by atoms with Gasteiger partial charge >= 0.3 is 0 Å². The van der Waals surface area contributed by atoms with Gasteiger partial charge in [-0.25, -0.2) is 9.97 Å². The number of benzene rings is 9. The molecule has 0 amide bonds. The van der Waals surface area contributed by atoms with Crippen LogP contribution in [0.5, 0.6) is 0 Å². The quantitative estimate of drug-likeness (QED) is 0.161. The SMILES string of the molecule is c1ccc(-c2ccc(-n3c4ccccc4c4cc(-c5ccccc5)c5c6ccccc6n(-c6nc(-c7ccccc7)cc(-c7cccc(-c8ccccc8)c7)n6)c5c43)cc2)cc1. The van der Waals surface area contributed by atoms with Gasteiger partial charge in [-0.1, -0.05) is 188 Å². The molecule has 0 N–H and O–H groups in total. The van der Waals surface area contributed by atoms with Crippen LogP contribution in [-0.2, 0) is 0 Å². The highest BCUT2D eigenvalue weighted by atomic mass is 15.2. The predicted octanol–water partition coefficient (Wildman–Crippen LogP) is 15.0. The fraction of sp³-hybridized carbons (Fsp3) is 0. The van der Waals surface area contributed by atoms with Gasteiger partial charge in [0.25, 0.3) is 0 Å². The molecule has 0 saturated heterocycles. The average Bonchev–Trinajstić information content (AvgIpc) is 3.88. The Balaban J connectivity index is 1.22. The van der Waals surface area contributed by atoms with E-state index in [1.165, 1.54) is 22.1 Å². The van der Waals surface area contributed by atoms with Crippen molar-refractivity contribution in [3.8, 4) is 67.5 Å². The van der Waals surface area contributed by atoms with Crippen molar-refractivity contribution in [2.45, 2.75) is 0 Å². The first-order chi connectivity index (χ1) is 30.8. The monoisotopic (exact) mass is 790 g/mol. The van der Waals surface area contributed by atoms with Gasteiger partial charge in [0, 0.05) is 38.4 Å². The van der Waals surface area contributed by atoms with E-state index in [9.17, 15) is 0 Å². The Morgan fingerprint density at radius 3 is 1.44 bits per heavy atom. The van der Waals surface area contributed by atoms with E-state index in [4.69, 9.17) is 9.97 Å². The molecular formula is C58H38N4. The number of para-hydroxylation sites is 2. The fourth-order valence-corrected chi connectivity index (χ4v) is 9.28. The molecule has 0 unspecified atom stereocenters. The molecule has 0 fully saturated rings. The fourth-order valence-electron chi connectivity index (χ4n) is 9.28. The first-order valence-corrected chi connectivity index (χ1v) is 21.1. The highest BCUT2D eigenvalue weighted by Gasteiger charge is 2.26. The maximum absolute atomic E-state index is 5.56. The smallest absolute Gasteiger partial charge is 0.235 e. The van der Waals surface area contributed by atoms with Crippen LogP contribution in [0.4, 0.5) is 0 Å². The molecule has 0 aliphatic heterocycles. The Morgan fingerprint density at radius 2 is 0.774 bits per heavy atom. The van der Waals surface area contributed by atoms with E-state index in [0.717, 1.165) is 83.1 Å². The van der Waals surface area contributed by atoms with Crippen molar-refractivity contribution in [2.24, 2.45) is 0 Å². The van der Waals surface area contributed by atoms with Crippen molar-refractivity contribution < 1.29 is 0 Å². The second-order valence-corrected chi connectivity index (χ2v) is 15.8. The zero-order valence-electron chi connectivity index (χ0n) is 33.7. The average molecular weight is 791 g/mol. The summed E-state index contributed by atoms with van der Waals surface area (Å²) in [5.74, 6) is 0.611. The van der Waals surface area contributed by atoms with Gasteiger partial charge in [-0.05, 0) is 75.8 Å². The molecule has 62 heavy (non-hydrogen) atoms. The van der Waals surface area contributed by atoms with Gasteiger partial charge in [-0.3, -0.25) is 4.57 Å². The van der Waals surface area contributed by atoms with Crippen LogP contribution in [-0.4, -0.2) is 19.1 Å². The molecule has 9 aromatic carbocycles. The van der Waals surface area contributed by atoms with Gasteiger partial charge in [0.1, 0.15) is 0 Å². The lowest BCUT2D eigenvalue weighted by atomic mass is 9.96. The lowest BCUT2D eigenvalue weighted by molar-refractivity contribution is 0.995. The Bertz CT molecular complexity index is 3590. The summed E-state index contributed by atoms with van der Waals surface area (Å²) < 4.78 is 4.77. The van der Waals surface area contributed by atoms with Gasteiger partial charge in [-0.2, -0.15) is 0 Å². The number of aromatic nitrogens is 4. The number of fused-ring (bicyclic) bond motifs is 7. The molecule has 12 rings (SSSR count). The largest absolute Gasteiger partial charge is 0.307 e. The second kappa shape index (κ2) is 14.7. The topological polar surface area (TPSA) is 35.6 Å². The standard InChI is InChI=1S/C58H38N4/c1-5-18-39(19-6-1)41-32-34-46(35-33-41)61-53-30-15-13-28-47(53)50-37-49(42-22-9-3-10-23-42)55-48-29-14-16-31-54(48)62(57(55)56(50)61)58-59-51(43-24-11-4-12-25-43)38-52(60-58)45-27-17-26-44(36-45)40-20-7-2-8-21-40/h1-38H. The second-order valence-electron chi connectivity index (χ2n) is 15.8. The molecule has 0 radical (unpaired) electrons. The van der Waals surface area contributed by atoms with Crippen molar-refractivity contribution in [3.05, 3.63) is 231 Å². The van der Waals surface area contributed by atoms with E-state index in [-0.39, 0.29) is 0 Å². The molecular weight excluding hydrogens is 753 g/mol. The minimum atomic E-state index is 0.611. The number of hydrogen-bond donors (Lipinski definition) is 0. The third kappa shape index (κ3) is 5.92. The van der Waals surface area contributed by atoms with Gasteiger partial charge in [0.2, 0.25) is 5.95 Å². The van der Waals surface area contributed by atoms with Crippen molar-refractivity contribution in [1.82, 2.24) is 19.1 Å². The molecule has 3 aromatic heterocycles. The van der Waals surface area contributed by atoms with Crippen molar-refractivity contribution in [1.29, 1.82) is 0 Å². The molecule has 3 heterocycles. The van der Waals surface area contributed by atoms with Crippen LogP contribution in [0.2, 0.25) is 0 Å². The molecule has 0 saturated carbocycles. The van der Waals surface area contributed by atoms with Crippen LogP contribution in [0.1, 0.15) is 0 Å². The minimum absolute atomic E-state index is 0.611. The van der Waals surface area contributed by atoms with E-state index in [2.05, 4.69) is 240 Å². The Morgan fingerprint density at radius 1 is 0.290 bits per heavy atom. The van der Waals surface area contributed by atoms with Crippen LogP contribution in [0.25, 0.3) is 111 Å². The number of hydrogen-bond acceptors (Lipinski definition) is 2. The van der Waals surface area contributed by atoms with Gasteiger partial charge in [0.15, 0.2) is 0 Å². The van der Waals surface area contributed by atoms with Gasteiger partial charge < -0.3 is 4.57 Å². The summed E-state index contributed by atoms with van der Waals surface area (Å²) in [5.41, 5.74) is 16.2. The summed E-state index contributed by atoms with van der Waals surface area (Å²) in [6.07, 6.45) is 0. The van der Waals surface area contributed by atoms with Gasteiger partial charge in [-0.15, -0.1) is 0 Å². The first-order valence-electron chi connectivity index (χ1n) is 21.1. The third-order valence-corrected chi connectivity index (χ3v) is 12.1. The van der Waals surface area contributed by atoms with E-state index in [0.29, 0.717) is 5.95 Å². The van der Waals surface area contributed by atoms with E-state index in [1.807, 2.05) is 0 Å². The zero-order valence-corrected chi connectivity index (χ0v) is 33.7. The molecule has 290 valence electrons. The van der Waals surface area contributed by atoms with Crippen LogP contribution >= 0.6 is 0 Å². The predicted molar refractivity (Wildman–Crippen MR) is 258 cm³/mol. The highest BCUT2D eigenvalue weighted by Crippen LogP contribution is 2.46. The molecule has 0 aliphatic rings. The number of nitrogens with zero attached hydrogens (tertiary/aromatic N) is 4. The van der Waals surface area contributed by atoms with Crippen molar-refractivity contribution in [2.75, 3.05) is 0 Å². The normalized spacial score (nSPS) is 11.5. The lowest BCUT2D eigenvalue weighted by Crippen LogP contribution is -2.05. The van der Waals surface area contributed by atoms with Crippen LogP contribution in [0.3, 0.4) is 0 Å². The zero-order chi connectivity index (χ0) is 41.0. The van der Waals surface area contributed by atoms with Gasteiger partial charge in [0.05, 0.1) is 33.5 Å². The summed E-state index contributed by atoms with van der Waals surface area (Å²) in [4.78, 5) is 11.1. The highest BCUT2D eigenvalue weighted by molar-refractivity contribution is 6.28. The molecule has 4 nitrogen and oxygen atoms in total. The van der Waals surface area contributed by atoms with Crippen LogP contribution in [0, 0.1) is 0 Å². The summed E-state index contributed by atoms with van der Waals surface area (Å²) in [6, 6.07) is 82.1. The van der Waals surface area contributed by atoms with Crippen LogP contribution < -0.4 is 0 Å². The molecule has 0 atom stereocenters. The maximum Gasteiger partial charge on any atom is 0.235 e. The Kier molecular flexibility index (Phi) is 8.46. The Hall–Kier alpha value is -8.34.